The first-order chi connectivity index (χ1) is 45.0. The molecule has 0 saturated carbocycles. The van der Waals surface area contributed by atoms with E-state index in [2.05, 4.69) is 13.8 Å². The molecule has 536 valence electrons. The number of unbranched alkanes of at least 4 members (excludes halogenated alkanes) is 8. The summed E-state index contributed by atoms with van der Waals surface area (Å²) in [7, 11) is 0. The first kappa shape index (κ1) is 77.5. The molecule has 25 nitrogen and oxygen atoms in total. The van der Waals surface area contributed by atoms with E-state index >= 15 is 0 Å². The highest BCUT2D eigenvalue weighted by atomic mass is 16.8. The first-order valence-electron chi connectivity index (χ1n) is 34.9. The van der Waals surface area contributed by atoms with Crippen molar-refractivity contribution < 1.29 is 121 Å². The number of fused-ring (bicyclic) bond motifs is 2. The molecule has 0 aliphatic carbocycles. The summed E-state index contributed by atoms with van der Waals surface area (Å²) in [5, 5.41) is 81.7. The second-order valence-corrected chi connectivity index (χ2v) is 26.6. The predicted molar refractivity (Wildman–Crippen MR) is 336 cm³/mol. The smallest absolute Gasteiger partial charge is 0.331 e. The van der Waals surface area contributed by atoms with Gasteiger partial charge in [0.2, 0.25) is 0 Å². The number of esters is 4. The average Bonchev–Trinajstić information content (AvgIpc) is 0.769. The molecular weight excluding hydrogens is 1230 g/mol. The van der Waals surface area contributed by atoms with Gasteiger partial charge in [-0.1, -0.05) is 154 Å². The molecule has 0 unspecified atom stereocenters. The third kappa shape index (κ3) is 21.8. The van der Waals surface area contributed by atoms with Gasteiger partial charge in [-0.25, -0.2) is 4.79 Å². The first-order valence-corrected chi connectivity index (χ1v) is 34.9. The van der Waals surface area contributed by atoms with Gasteiger partial charge in [0.05, 0.1) is 42.5 Å². The fourth-order valence-electron chi connectivity index (χ4n) is 12.8. The highest BCUT2D eigenvalue weighted by Gasteiger charge is 2.59. The largest absolute Gasteiger partial charge is 0.456 e. The molecule has 7 rings (SSSR count). The summed E-state index contributed by atoms with van der Waals surface area (Å²) in [5.74, 6) is -3.76. The molecule has 1 aromatic rings. The third-order valence-corrected chi connectivity index (χ3v) is 18.6. The summed E-state index contributed by atoms with van der Waals surface area (Å²) < 4.78 is 89.5. The quantitative estimate of drug-likeness (QED) is 0.0254. The Balaban J connectivity index is 1.26. The van der Waals surface area contributed by atoms with E-state index in [-0.39, 0.29) is 18.9 Å². The number of carbonyl (C=O) groups excluding carboxylic acids is 4. The summed E-state index contributed by atoms with van der Waals surface area (Å²) in [6.07, 6.45) is -20.6. The summed E-state index contributed by atoms with van der Waals surface area (Å²) in [6.45, 7) is 15.0. The van der Waals surface area contributed by atoms with E-state index in [0.29, 0.717) is 37.7 Å². The number of ether oxygens (including phenoxy) is 14. The van der Waals surface area contributed by atoms with Crippen LogP contribution in [0.15, 0.2) is 36.4 Å². The molecule has 0 bridgehead atoms. The summed E-state index contributed by atoms with van der Waals surface area (Å²) in [5.41, 5.74) is 0.643. The van der Waals surface area contributed by atoms with Gasteiger partial charge in [-0.3, -0.25) is 14.4 Å². The molecule has 6 fully saturated rings. The van der Waals surface area contributed by atoms with Crippen LogP contribution in [-0.4, -0.2) is 219 Å². The van der Waals surface area contributed by atoms with Gasteiger partial charge in [0.1, 0.15) is 67.1 Å². The second-order valence-electron chi connectivity index (χ2n) is 26.6. The molecule has 0 aromatic heterocycles. The molecule has 6 aliphatic rings. The average molecular weight is 1340 g/mol. The molecule has 26 atom stereocenters. The van der Waals surface area contributed by atoms with Gasteiger partial charge < -0.3 is 102 Å². The van der Waals surface area contributed by atoms with Gasteiger partial charge in [-0.15, -0.1) is 0 Å². The van der Waals surface area contributed by atoms with Crippen molar-refractivity contribution in [3.8, 4) is 0 Å². The van der Waals surface area contributed by atoms with E-state index in [4.69, 9.17) is 66.3 Å². The molecule has 0 radical (unpaired) electrons. The fraction of sp³-hybridized carbons (Fsp3) is 0.826. The number of aliphatic hydroxyl groups is 7. The molecule has 25 heteroatoms. The van der Waals surface area contributed by atoms with E-state index < -0.39 is 183 Å². The Morgan fingerprint density at radius 2 is 1.05 bits per heavy atom. The van der Waals surface area contributed by atoms with Crippen LogP contribution in [0.4, 0.5) is 0 Å². The van der Waals surface area contributed by atoms with Crippen LogP contribution in [0.5, 0.6) is 0 Å². The zero-order valence-corrected chi connectivity index (χ0v) is 56.5. The molecule has 0 spiro atoms. The number of carbonyl (C=O) groups is 4. The van der Waals surface area contributed by atoms with Crippen molar-refractivity contribution in [3.63, 3.8) is 0 Å². The van der Waals surface area contributed by atoms with Crippen LogP contribution in [0.3, 0.4) is 0 Å². The van der Waals surface area contributed by atoms with Crippen LogP contribution in [-0.2, 0) is 85.5 Å². The van der Waals surface area contributed by atoms with Crippen LogP contribution in [0.2, 0.25) is 0 Å². The van der Waals surface area contributed by atoms with Gasteiger partial charge in [0, 0.05) is 18.9 Å². The highest BCUT2D eigenvalue weighted by Crippen LogP contribution is 2.40. The number of hydrogen-bond acceptors (Lipinski definition) is 25. The van der Waals surface area contributed by atoms with Crippen molar-refractivity contribution in [3.05, 3.63) is 42.0 Å². The van der Waals surface area contributed by atoms with E-state index in [1.54, 1.807) is 51.1 Å². The fourth-order valence-corrected chi connectivity index (χ4v) is 12.8. The Bertz CT molecular complexity index is 2440. The van der Waals surface area contributed by atoms with Gasteiger partial charge in [0.15, 0.2) is 55.9 Å². The topological polar surface area (TPSA) is 339 Å². The van der Waals surface area contributed by atoms with Gasteiger partial charge in [-0.2, -0.15) is 0 Å². The van der Waals surface area contributed by atoms with Gasteiger partial charge in [0.25, 0.3) is 0 Å². The maximum absolute atomic E-state index is 14.5. The number of aliphatic hydroxyl groups excluding tert-OH is 7. The Kier molecular flexibility index (Phi) is 31.7. The van der Waals surface area contributed by atoms with E-state index in [0.717, 1.165) is 96.0 Å². The van der Waals surface area contributed by atoms with Gasteiger partial charge in [-0.05, 0) is 71.9 Å². The molecule has 1 aromatic carbocycles. The summed E-state index contributed by atoms with van der Waals surface area (Å²) in [4.78, 5) is 55.4. The van der Waals surface area contributed by atoms with Crippen LogP contribution in [0.1, 0.15) is 203 Å². The van der Waals surface area contributed by atoms with Crippen molar-refractivity contribution in [1.82, 2.24) is 0 Å². The number of rotatable bonds is 24. The maximum Gasteiger partial charge on any atom is 0.331 e. The van der Waals surface area contributed by atoms with E-state index in [1.807, 2.05) is 0 Å². The summed E-state index contributed by atoms with van der Waals surface area (Å²) in [6, 6.07) is 8.84. The van der Waals surface area contributed by atoms with Crippen LogP contribution < -0.4 is 0 Å². The Hall–Kier alpha value is -3.84. The molecule has 0 amide bonds. The SMILES string of the molecule is CCCCCCCCCC(=O)O[C@H]1[C@H](O[C@@H]2[C@@H](O)[C@H]3OC(=O)CCCCCCCCC[C@H](CCCCC)O[C@@H]4O[C@H](C)[C@H](O)[C@H](O)[C@H]4O[C@@H]3O[C@H]2C)O[C@@H](C)[C@H](O[C@@H]2O[C@@H](C)[C@H](OC(=O)C(C)C)[C@@H](O)[C@H]2OC(=O)/C=C/c2ccccc2)[C@H]1O[C@@H]1O[C@@H](C)[C@H](O)[C@@H](O)[C@H]1O. The number of benzene rings is 1. The van der Waals surface area contributed by atoms with Crippen molar-refractivity contribution in [1.29, 1.82) is 0 Å². The molecule has 94 heavy (non-hydrogen) atoms. The van der Waals surface area contributed by atoms with Crippen molar-refractivity contribution in [2.75, 3.05) is 0 Å². The van der Waals surface area contributed by atoms with Crippen LogP contribution >= 0.6 is 0 Å². The normalized spacial score (nSPS) is 39.1. The molecular formula is C69H110O25. The highest BCUT2D eigenvalue weighted by molar-refractivity contribution is 5.87. The number of hydrogen-bond donors (Lipinski definition) is 7. The van der Waals surface area contributed by atoms with Crippen molar-refractivity contribution in [2.24, 2.45) is 5.92 Å². The van der Waals surface area contributed by atoms with Crippen LogP contribution in [0.25, 0.3) is 6.08 Å². The minimum atomic E-state index is -1.95. The Labute approximate surface area is 553 Å². The molecule has 6 saturated heterocycles. The predicted octanol–water partition coefficient (Wildman–Crippen LogP) is 6.42. The van der Waals surface area contributed by atoms with E-state index in [1.165, 1.54) is 33.8 Å². The standard InChI is InChI=1S/C69H110O25/c1-10-12-14-15-17-21-29-35-47(71)89-63-62(94-65-53(77)51(75)49(73)39(5)81-65)58(92-67-60(88-48(72)37-36-44-30-25-23-26-31-44)54(78)56(41(7)83-67)90-64(80)38(3)4)43(9)85-69(63)91-57-42(8)84-68-61(55(57)79)87-46(70)34-28-22-19-16-18-20-27-33-45(32-24-13-11-2)86-66-59(93-68)52(76)50(74)40(6)82-66/h23,25-26,30-31,36-43,45,49-63,65-69,73-79H,10-22,24,27-29,32-35H2,1-9H3/b37-36+/t39-,40+,41-,42-,43-,45-,49-,50-,51+,52-,53+,54+,55+,56-,57-,58-,59+,60+,61+,62+,63+,65-,66-,67-,68-,69-/m0/s1. The van der Waals surface area contributed by atoms with E-state index in [9.17, 15) is 54.9 Å². The lowest BCUT2D eigenvalue weighted by Crippen LogP contribution is -2.68. The minimum absolute atomic E-state index is 0.0395. The zero-order valence-electron chi connectivity index (χ0n) is 56.5. The summed E-state index contributed by atoms with van der Waals surface area (Å²) >= 11 is 0. The molecule has 6 aliphatic heterocycles. The monoisotopic (exact) mass is 1340 g/mol. The minimum Gasteiger partial charge on any atom is -0.456 e. The second kappa shape index (κ2) is 38.5. The van der Waals surface area contributed by atoms with Gasteiger partial charge >= 0.3 is 23.9 Å². The van der Waals surface area contributed by atoms with Crippen LogP contribution in [0, 0.1) is 5.92 Å². The maximum atomic E-state index is 14.5. The third-order valence-electron chi connectivity index (χ3n) is 18.6. The lowest BCUT2D eigenvalue weighted by Gasteiger charge is -2.51. The Morgan fingerprint density at radius 3 is 1.74 bits per heavy atom. The lowest BCUT2D eigenvalue weighted by molar-refractivity contribution is -0.399. The lowest BCUT2D eigenvalue weighted by atomic mass is 9.95. The molecule has 6 heterocycles. The molecule has 7 N–H and O–H groups in total. The van der Waals surface area contributed by atoms with Crippen molar-refractivity contribution >= 4 is 30.0 Å². The van der Waals surface area contributed by atoms with Crippen molar-refractivity contribution in [2.45, 2.75) is 357 Å². The zero-order chi connectivity index (χ0) is 68.2. The Morgan fingerprint density at radius 1 is 0.500 bits per heavy atom.